The highest BCUT2D eigenvalue weighted by atomic mass is 16.5. The second-order valence-electron chi connectivity index (χ2n) is 10.9. The van der Waals surface area contributed by atoms with Crippen LogP contribution in [0.2, 0.25) is 0 Å². The Bertz CT molecular complexity index is 1390. The zero-order valence-corrected chi connectivity index (χ0v) is 22.1. The van der Waals surface area contributed by atoms with E-state index in [-0.39, 0.29) is 23.8 Å². The van der Waals surface area contributed by atoms with E-state index in [1.54, 1.807) is 0 Å². The Morgan fingerprint density at radius 3 is 2.16 bits per heavy atom. The Morgan fingerprint density at radius 2 is 1.47 bits per heavy atom. The molecule has 0 bridgehead atoms. The molecule has 38 heavy (non-hydrogen) atoms. The monoisotopic (exact) mass is 507 g/mol. The molecular weight excluding hydrogens is 474 g/mol. The number of carbonyl (C=O) groups is 2. The summed E-state index contributed by atoms with van der Waals surface area (Å²) in [4.78, 5) is 32.2. The number of benzene rings is 3. The summed E-state index contributed by atoms with van der Waals surface area (Å²) >= 11 is 0. The molecule has 0 fully saturated rings. The van der Waals surface area contributed by atoms with Crippen molar-refractivity contribution in [2.75, 3.05) is 0 Å². The zero-order valence-electron chi connectivity index (χ0n) is 22.1. The van der Waals surface area contributed by atoms with Crippen molar-refractivity contribution in [3.05, 3.63) is 113 Å². The molecule has 0 aromatic heterocycles. The quantitative estimate of drug-likeness (QED) is 0.329. The molecule has 5 nitrogen and oxygen atoms in total. The molecule has 5 rings (SSSR count). The summed E-state index contributed by atoms with van der Waals surface area (Å²) in [5.41, 5.74) is 4.62. The molecule has 1 heterocycles. The van der Waals surface area contributed by atoms with Gasteiger partial charge in [0, 0.05) is 34.9 Å². The van der Waals surface area contributed by atoms with Gasteiger partial charge < -0.3 is 9.47 Å². The van der Waals surface area contributed by atoms with Gasteiger partial charge in [-0.15, -0.1) is 0 Å². The lowest BCUT2D eigenvalue weighted by Gasteiger charge is -2.39. The number of ketones is 1. The highest BCUT2D eigenvalue weighted by Crippen LogP contribution is 2.49. The average Bonchev–Trinajstić information content (AvgIpc) is 2.90. The lowest BCUT2D eigenvalue weighted by molar-refractivity contribution is -0.148. The minimum Gasteiger partial charge on any atom is -0.489 e. The fraction of sp³-hybridized carbons (Fsp3) is 0.303. The van der Waals surface area contributed by atoms with Gasteiger partial charge in [-0.25, -0.2) is 0 Å². The average molecular weight is 508 g/mol. The van der Waals surface area contributed by atoms with Crippen LogP contribution in [0, 0.1) is 11.3 Å². The van der Waals surface area contributed by atoms with Crippen molar-refractivity contribution in [2.45, 2.75) is 52.7 Å². The van der Waals surface area contributed by atoms with E-state index in [4.69, 9.17) is 14.5 Å². The predicted molar refractivity (Wildman–Crippen MR) is 148 cm³/mol. The van der Waals surface area contributed by atoms with Crippen LogP contribution >= 0.6 is 0 Å². The van der Waals surface area contributed by atoms with Crippen LogP contribution in [-0.4, -0.2) is 17.5 Å². The first kappa shape index (κ1) is 25.7. The van der Waals surface area contributed by atoms with E-state index in [0.29, 0.717) is 36.5 Å². The Morgan fingerprint density at radius 1 is 0.868 bits per heavy atom. The Hall–Kier alpha value is -3.99. The number of carbonyl (C=O) groups excluding carboxylic acids is 2. The second kappa shape index (κ2) is 10.8. The maximum Gasteiger partial charge on any atom is 0.315 e. The summed E-state index contributed by atoms with van der Waals surface area (Å²) in [6.45, 7) is 6.59. The third-order valence-electron chi connectivity index (χ3n) is 7.27. The van der Waals surface area contributed by atoms with Crippen molar-refractivity contribution < 1.29 is 19.1 Å². The van der Waals surface area contributed by atoms with Gasteiger partial charge in [0.2, 0.25) is 0 Å². The van der Waals surface area contributed by atoms with Gasteiger partial charge in [-0.05, 0) is 36.0 Å². The van der Waals surface area contributed by atoms with Crippen LogP contribution in [0.15, 0.2) is 101 Å². The number of esters is 1. The Balaban J connectivity index is 1.53. The molecule has 3 aromatic carbocycles. The molecule has 0 saturated carbocycles. The summed E-state index contributed by atoms with van der Waals surface area (Å²) in [6.07, 6.45) is 1.09. The van der Waals surface area contributed by atoms with E-state index in [2.05, 4.69) is 13.8 Å². The molecule has 0 N–H and O–H groups in total. The van der Waals surface area contributed by atoms with Crippen LogP contribution in [0.3, 0.4) is 0 Å². The molecule has 194 valence electrons. The van der Waals surface area contributed by atoms with E-state index in [9.17, 15) is 9.59 Å². The maximum atomic E-state index is 13.7. The highest BCUT2D eigenvalue weighted by molar-refractivity contribution is 6.09. The van der Waals surface area contributed by atoms with E-state index >= 15 is 0 Å². The number of hydrogen-bond donors (Lipinski definition) is 0. The molecule has 1 unspecified atom stereocenters. The molecule has 3 aromatic rings. The third kappa shape index (κ3) is 5.47. The predicted octanol–water partition coefficient (Wildman–Crippen LogP) is 6.83. The molecule has 5 heteroatoms. The van der Waals surface area contributed by atoms with Crippen LogP contribution < -0.4 is 4.74 Å². The summed E-state index contributed by atoms with van der Waals surface area (Å²) in [5, 5.41) is 0. The van der Waals surface area contributed by atoms with E-state index < -0.39 is 11.8 Å². The Labute approximate surface area is 224 Å². The maximum absolute atomic E-state index is 13.7. The number of nitrogens with zero attached hydrogens (tertiary/aromatic N) is 1. The summed E-state index contributed by atoms with van der Waals surface area (Å²) in [6, 6.07) is 27.3. The number of hydrogen-bond acceptors (Lipinski definition) is 5. The van der Waals surface area contributed by atoms with Gasteiger partial charge in [0.05, 0.1) is 0 Å². The largest absolute Gasteiger partial charge is 0.489 e. The fourth-order valence-electron chi connectivity index (χ4n) is 5.51. The molecule has 0 radical (unpaired) electrons. The number of rotatable bonds is 7. The second-order valence-corrected chi connectivity index (χ2v) is 10.9. The van der Waals surface area contributed by atoms with E-state index in [0.717, 1.165) is 22.4 Å². The summed E-state index contributed by atoms with van der Waals surface area (Å²) in [7, 11) is 0. The smallest absolute Gasteiger partial charge is 0.315 e. The first-order valence-corrected chi connectivity index (χ1v) is 13.1. The Kier molecular flexibility index (Phi) is 7.28. The molecule has 1 aliphatic carbocycles. The minimum absolute atomic E-state index is 0.0382. The van der Waals surface area contributed by atoms with Crippen LogP contribution in [0.4, 0.5) is 0 Å². The van der Waals surface area contributed by atoms with Crippen molar-refractivity contribution in [2.24, 2.45) is 16.3 Å². The topological polar surface area (TPSA) is 65.0 Å². The number of para-hydroxylation sites is 1. The standard InChI is InChI=1S/C33H33NO4/c1-22-29(32(36)38-21-24-14-8-5-9-15-24)30(31-26(34-22)18-33(2,3)19-27(31)35)25-16-10-11-17-28(25)37-20-23-12-6-4-7-13-23/h4-17,29-30H,18-21H2,1-3H3/t29?,30-/m1/s1. The van der Waals surface area contributed by atoms with Gasteiger partial charge in [-0.2, -0.15) is 0 Å². The van der Waals surface area contributed by atoms with Gasteiger partial charge in [0.25, 0.3) is 0 Å². The number of allylic oxidation sites excluding steroid dienone is 2. The van der Waals surface area contributed by atoms with E-state index in [1.807, 2.05) is 91.9 Å². The molecule has 0 saturated heterocycles. The number of ether oxygens (including phenoxy) is 2. The van der Waals surface area contributed by atoms with Gasteiger partial charge >= 0.3 is 5.97 Å². The van der Waals surface area contributed by atoms with Crippen LogP contribution in [0.5, 0.6) is 5.75 Å². The van der Waals surface area contributed by atoms with Gasteiger partial charge in [-0.3, -0.25) is 14.6 Å². The van der Waals surface area contributed by atoms with Crippen molar-refractivity contribution in [1.82, 2.24) is 0 Å². The summed E-state index contributed by atoms with van der Waals surface area (Å²) in [5.74, 6) is -0.940. The van der Waals surface area contributed by atoms with Gasteiger partial charge in [0.1, 0.15) is 24.9 Å². The first-order valence-electron chi connectivity index (χ1n) is 13.1. The number of Topliss-reactive ketones (excluding diaryl/α,β-unsaturated/α-hetero) is 1. The van der Waals surface area contributed by atoms with Crippen molar-refractivity contribution in [3.8, 4) is 5.75 Å². The van der Waals surface area contributed by atoms with Crippen LogP contribution in [0.1, 0.15) is 56.2 Å². The van der Waals surface area contributed by atoms with Crippen molar-refractivity contribution in [1.29, 1.82) is 0 Å². The lowest BCUT2D eigenvalue weighted by atomic mass is 9.66. The normalized spacial score (nSPS) is 20.4. The lowest BCUT2D eigenvalue weighted by Crippen LogP contribution is -2.39. The molecular formula is C33H33NO4. The van der Waals surface area contributed by atoms with Crippen molar-refractivity contribution in [3.63, 3.8) is 0 Å². The molecule has 0 amide bonds. The molecule has 2 atom stereocenters. The fourth-order valence-corrected chi connectivity index (χ4v) is 5.51. The molecule has 0 spiro atoms. The van der Waals surface area contributed by atoms with Gasteiger partial charge in [-0.1, -0.05) is 92.7 Å². The highest BCUT2D eigenvalue weighted by Gasteiger charge is 2.46. The van der Waals surface area contributed by atoms with Crippen LogP contribution in [0.25, 0.3) is 0 Å². The van der Waals surface area contributed by atoms with Crippen LogP contribution in [-0.2, 0) is 27.5 Å². The molecule has 2 aliphatic rings. The minimum atomic E-state index is -0.718. The summed E-state index contributed by atoms with van der Waals surface area (Å²) < 4.78 is 12.1. The first-order chi connectivity index (χ1) is 18.3. The van der Waals surface area contributed by atoms with Gasteiger partial charge in [0.15, 0.2) is 5.78 Å². The van der Waals surface area contributed by atoms with Crippen molar-refractivity contribution >= 4 is 17.5 Å². The zero-order chi connectivity index (χ0) is 26.7. The third-order valence-corrected chi connectivity index (χ3v) is 7.27. The van der Waals surface area contributed by atoms with E-state index in [1.165, 1.54) is 0 Å². The number of aliphatic imine (C=N–C) groups is 1. The molecule has 1 aliphatic heterocycles. The SMILES string of the molecule is CC1=NC2=C(C(=O)CC(C)(C)C2)[C@H](c2ccccc2OCc2ccccc2)C1C(=O)OCc1ccccc1.